The van der Waals surface area contributed by atoms with E-state index in [1.807, 2.05) is 37.6 Å². The number of hydrogen-bond acceptors (Lipinski definition) is 2. The number of fused-ring (bicyclic) bond motifs is 1. The molecule has 0 radical (unpaired) electrons. The molecule has 17 heavy (non-hydrogen) atoms. The number of benzene rings is 1. The van der Waals surface area contributed by atoms with Gasteiger partial charge in [-0.3, -0.25) is 9.97 Å². The van der Waals surface area contributed by atoms with Crippen LogP contribution in [0.5, 0.6) is 0 Å². The lowest BCUT2D eigenvalue weighted by Gasteiger charge is -2.06. The van der Waals surface area contributed by atoms with Gasteiger partial charge in [-0.2, -0.15) is 0 Å². The number of nitrogens with zero attached hydrogens (tertiary/aromatic N) is 2. The summed E-state index contributed by atoms with van der Waals surface area (Å²) in [6, 6.07) is 12.5. The van der Waals surface area contributed by atoms with E-state index in [1.165, 1.54) is 16.5 Å². The van der Waals surface area contributed by atoms with Gasteiger partial charge in [0.1, 0.15) is 0 Å². The summed E-state index contributed by atoms with van der Waals surface area (Å²) in [5, 5.41) is 2.37. The standard InChI is InChI=1S/C15H12N2/c1-11-15(3-2-7-17-11)13-5-4-12-6-8-16-10-14(12)9-13/h2-10H,1H3. The van der Waals surface area contributed by atoms with Crippen LogP contribution in [0.4, 0.5) is 0 Å². The third-order valence-electron chi connectivity index (χ3n) is 2.96. The summed E-state index contributed by atoms with van der Waals surface area (Å²) >= 11 is 0. The summed E-state index contributed by atoms with van der Waals surface area (Å²) in [4.78, 5) is 8.47. The Balaban J connectivity index is 2.22. The minimum absolute atomic E-state index is 1.05. The molecular formula is C15H12N2. The second-order valence-corrected chi connectivity index (χ2v) is 4.07. The predicted octanol–water partition coefficient (Wildman–Crippen LogP) is 3.61. The molecule has 0 N–H and O–H groups in total. The van der Waals surface area contributed by atoms with Crippen LogP contribution >= 0.6 is 0 Å². The lowest BCUT2D eigenvalue weighted by Crippen LogP contribution is -1.86. The molecule has 2 heterocycles. The predicted molar refractivity (Wildman–Crippen MR) is 69.7 cm³/mol. The zero-order valence-electron chi connectivity index (χ0n) is 9.59. The number of aromatic nitrogens is 2. The van der Waals surface area contributed by atoms with Gasteiger partial charge in [0.2, 0.25) is 0 Å². The number of rotatable bonds is 1. The van der Waals surface area contributed by atoms with Crippen molar-refractivity contribution in [2.24, 2.45) is 0 Å². The molecule has 2 heteroatoms. The molecule has 0 unspecified atom stereocenters. The molecule has 1 aromatic carbocycles. The average molecular weight is 220 g/mol. The van der Waals surface area contributed by atoms with Gasteiger partial charge in [0.25, 0.3) is 0 Å². The number of hydrogen-bond donors (Lipinski definition) is 0. The van der Waals surface area contributed by atoms with E-state index in [0.717, 1.165) is 11.1 Å². The van der Waals surface area contributed by atoms with Crippen molar-refractivity contribution in [2.45, 2.75) is 6.92 Å². The maximum atomic E-state index is 4.32. The summed E-state index contributed by atoms with van der Waals surface area (Å²) in [5.74, 6) is 0. The lowest BCUT2D eigenvalue weighted by atomic mass is 10.0. The van der Waals surface area contributed by atoms with Crippen molar-refractivity contribution in [1.29, 1.82) is 0 Å². The fourth-order valence-corrected chi connectivity index (χ4v) is 2.04. The summed E-state index contributed by atoms with van der Waals surface area (Å²) < 4.78 is 0. The highest BCUT2D eigenvalue weighted by molar-refractivity contribution is 5.86. The molecule has 0 aliphatic carbocycles. The quantitative estimate of drug-likeness (QED) is 0.626. The first-order valence-electron chi connectivity index (χ1n) is 5.60. The lowest BCUT2D eigenvalue weighted by molar-refractivity contribution is 1.20. The highest BCUT2D eigenvalue weighted by Crippen LogP contribution is 2.25. The van der Waals surface area contributed by atoms with Gasteiger partial charge >= 0.3 is 0 Å². The second kappa shape index (κ2) is 3.98. The number of pyridine rings is 2. The maximum absolute atomic E-state index is 4.32. The summed E-state index contributed by atoms with van der Waals surface area (Å²) in [6.07, 6.45) is 5.53. The third kappa shape index (κ3) is 1.78. The van der Waals surface area contributed by atoms with Crippen molar-refractivity contribution in [1.82, 2.24) is 9.97 Å². The molecule has 0 aliphatic heterocycles. The minimum Gasteiger partial charge on any atom is -0.264 e. The van der Waals surface area contributed by atoms with Crippen LogP contribution in [0.15, 0.2) is 55.0 Å². The second-order valence-electron chi connectivity index (χ2n) is 4.07. The molecule has 82 valence electrons. The summed E-state index contributed by atoms with van der Waals surface area (Å²) in [6.45, 7) is 2.03. The molecular weight excluding hydrogens is 208 g/mol. The van der Waals surface area contributed by atoms with Crippen molar-refractivity contribution in [3.05, 3.63) is 60.7 Å². The Hall–Kier alpha value is -2.22. The maximum Gasteiger partial charge on any atom is 0.0450 e. The molecule has 0 amide bonds. The topological polar surface area (TPSA) is 25.8 Å². The van der Waals surface area contributed by atoms with Crippen LogP contribution in [-0.4, -0.2) is 9.97 Å². The van der Waals surface area contributed by atoms with Crippen LogP contribution in [0, 0.1) is 6.92 Å². The minimum atomic E-state index is 1.05. The van der Waals surface area contributed by atoms with Gasteiger partial charge in [-0.25, -0.2) is 0 Å². The van der Waals surface area contributed by atoms with Crippen molar-refractivity contribution in [2.75, 3.05) is 0 Å². The molecule has 0 atom stereocenters. The molecule has 0 bridgehead atoms. The first-order chi connectivity index (χ1) is 8.34. The van der Waals surface area contributed by atoms with Crippen LogP contribution < -0.4 is 0 Å². The Labute approximate surface area is 100.0 Å². The molecule has 3 aromatic rings. The third-order valence-corrected chi connectivity index (χ3v) is 2.96. The Morgan fingerprint density at radius 2 is 1.88 bits per heavy atom. The molecule has 2 nitrogen and oxygen atoms in total. The Kier molecular flexibility index (Phi) is 2.33. The van der Waals surface area contributed by atoms with Gasteiger partial charge in [-0.1, -0.05) is 18.2 Å². The zero-order valence-corrected chi connectivity index (χ0v) is 9.59. The molecule has 0 fully saturated rings. The molecule has 0 saturated carbocycles. The van der Waals surface area contributed by atoms with Gasteiger partial charge < -0.3 is 0 Å². The Morgan fingerprint density at radius 1 is 0.941 bits per heavy atom. The molecule has 0 spiro atoms. The largest absolute Gasteiger partial charge is 0.264 e. The SMILES string of the molecule is Cc1ncccc1-c1ccc2ccncc2c1. The van der Waals surface area contributed by atoms with E-state index in [9.17, 15) is 0 Å². The van der Waals surface area contributed by atoms with Gasteiger partial charge in [-0.15, -0.1) is 0 Å². The fourth-order valence-electron chi connectivity index (χ4n) is 2.04. The Morgan fingerprint density at radius 3 is 2.76 bits per heavy atom. The highest BCUT2D eigenvalue weighted by Gasteiger charge is 2.02. The fraction of sp³-hybridized carbons (Fsp3) is 0.0667. The first-order valence-corrected chi connectivity index (χ1v) is 5.60. The van der Waals surface area contributed by atoms with Crippen LogP contribution in [0.3, 0.4) is 0 Å². The van der Waals surface area contributed by atoms with E-state index in [4.69, 9.17) is 0 Å². The van der Waals surface area contributed by atoms with E-state index in [0.29, 0.717) is 0 Å². The monoisotopic (exact) mass is 220 g/mol. The zero-order chi connectivity index (χ0) is 11.7. The molecule has 0 aliphatic rings. The first kappa shape index (κ1) is 9.97. The molecule has 3 rings (SSSR count). The van der Waals surface area contributed by atoms with Crippen molar-refractivity contribution in [3.8, 4) is 11.1 Å². The average Bonchev–Trinajstić information content (AvgIpc) is 2.39. The van der Waals surface area contributed by atoms with Crippen LogP contribution in [-0.2, 0) is 0 Å². The van der Waals surface area contributed by atoms with Gasteiger partial charge in [0.05, 0.1) is 0 Å². The van der Waals surface area contributed by atoms with E-state index in [2.05, 4.69) is 34.2 Å². The molecule has 0 saturated heterocycles. The van der Waals surface area contributed by atoms with Gasteiger partial charge in [0.15, 0.2) is 0 Å². The van der Waals surface area contributed by atoms with E-state index in [1.54, 1.807) is 0 Å². The van der Waals surface area contributed by atoms with Crippen molar-refractivity contribution in [3.63, 3.8) is 0 Å². The smallest absolute Gasteiger partial charge is 0.0450 e. The molecule has 2 aromatic heterocycles. The van der Waals surface area contributed by atoms with Crippen molar-refractivity contribution >= 4 is 10.8 Å². The van der Waals surface area contributed by atoms with Crippen LogP contribution in [0.25, 0.3) is 21.9 Å². The van der Waals surface area contributed by atoms with E-state index < -0.39 is 0 Å². The highest BCUT2D eigenvalue weighted by atomic mass is 14.7. The van der Waals surface area contributed by atoms with E-state index in [-0.39, 0.29) is 0 Å². The summed E-state index contributed by atoms with van der Waals surface area (Å²) in [5.41, 5.74) is 3.42. The van der Waals surface area contributed by atoms with Crippen molar-refractivity contribution < 1.29 is 0 Å². The number of aryl methyl sites for hydroxylation is 1. The van der Waals surface area contributed by atoms with Gasteiger partial charge in [-0.05, 0) is 36.1 Å². The summed E-state index contributed by atoms with van der Waals surface area (Å²) in [7, 11) is 0. The van der Waals surface area contributed by atoms with Crippen LogP contribution in [0.1, 0.15) is 5.69 Å². The van der Waals surface area contributed by atoms with Crippen LogP contribution in [0.2, 0.25) is 0 Å². The normalized spacial score (nSPS) is 10.6. The van der Waals surface area contributed by atoms with Gasteiger partial charge in [0, 0.05) is 35.2 Å². The van der Waals surface area contributed by atoms with E-state index >= 15 is 0 Å². The Bertz CT molecular complexity index is 674.